The van der Waals surface area contributed by atoms with Gasteiger partial charge in [-0.15, -0.1) is 0 Å². The topological polar surface area (TPSA) is 60.9 Å². The Hall–Kier alpha value is -1.10. The second-order valence-electron chi connectivity index (χ2n) is 9.48. The van der Waals surface area contributed by atoms with Crippen LogP contribution >= 0.6 is 0 Å². The molecule has 1 saturated heterocycles. The lowest BCUT2D eigenvalue weighted by atomic mass is 10.0. The number of amides is 3. The highest BCUT2D eigenvalue weighted by molar-refractivity contribution is 6.06. The maximum Gasteiger partial charge on any atom is 0.327 e. The van der Waals surface area contributed by atoms with E-state index >= 15 is 0 Å². The molecule has 0 unspecified atom stereocenters. The van der Waals surface area contributed by atoms with Crippen molar-refractivity contribution >= 4 is 11.9 Å². The lowest BCUT2D eigenvalue weighted by molar-refractivity contribution is -0.132. The van der Waals surface area contributed by atoms with Gasteiger partial charge in [0.25, 0.3) is 5.91 Å². The predicted molar refractivity (Wildman–Crippen MR) is 125 cm³/mol. The van der Waals surface area contributed by atoms with Gasteiger partial charge in [0.1, 0.15) is 5.54 Å². The molecule has 3 amide bonds. The molecule has 5 heteroatoms. The summed E-state index contributed by atoms with van der Waals surface area (Å²) in [4.78, 5) is 27.8. The van der Waals surface area contributed by atoms with Crippen LogP contribution in [0.3, 0.4) is 0 Å². The van der Waals surface area contributed by atoms with Crippen molar-refractivity contribution < 1.29 is 14.7 Å². The number of nitrogens with zero attached hydrogens (tertiary/aromatic N) is 2. The van der Waals surface area contributed by atoms with Gasteiger partial charge in [0.15, 0.2) is 0 Å². The maximum atomic E-state index is 12.5. The average molecular weight is 425 g/mol. The average Bonchev–Trinajstić information content (AvgIpc) is 2.88. The van der Waals surface area contributed by atoms with Crippen LogP contribution in [0.2, 0.25) is 0 Å². The fraction of sp³-hybridized carbons (Fsp3) is 0.920. The van der Waals surface area contributed by atoms with Crippen LogP contribution in [0, 0.1) is 0 Å². The van der Waals surface area contributed by atoms with E-state index in [-0.39, 0.29) is 25.1 Å². The Balaban J connectivity index is 1.95. The van der Waals surface area contributed by atoms with Gasteiger partial charge in [0.2, 0.25) is 0 Å². The van der Waals surface area contributed by atoms with Gasteiger partial charge in [-0.25, -0.2) is 4.79 Å². The molecule has 0 bridgehead atoms. The van der Waals surface area contributed by atoms with E-state index in [4.69, 9.17) is 5.11 Å². The highest BCUT2D eigenvalue weighted by Crippen LogP contribution is 2.27. The smallest absolute Gasteiger partial charge is 0.327 e. The van der Waals surface area contributed by atoms with Crippen molar-refractivity contribution in [3.63, 3.8) is 0 Å². The van der Waals surface area contributed by atoms with Gasteiger partial charge in [0, 0.05) is 13.1 Å². The van der Waals surface area contributed by atoms with Crippen LogP contribution < -0.4 is 0 Å². The van der Waals surface area contributed by atoms with Crippen molar-refractivity contribution in [1.29, 1.82) is 0 Å². The Labute approximate surface area is 185 Å². The van der Waals surface area contributed by atoms with Crippen LogP contribution in [0.4, 0.5) is 4.79 Å². The number of aliphatic hydroxyl groups excluding tert-OH is 1. The van der Waals surface area contributed by atoms with Crippen molar-refractivity contribution in [1.82, 2.24) is 9.80 Å². The van der Waals surface area contributed by atoms with Crippen molar-refractivity contribution in [3.8, 4) is 0 Å². The van der Waals surface area contributed by atoms with Gasteiger partial charge < -0.3 is 10.0 Å². The van der Waals surface area contributed by atoms with Crippen molar-refractivity contribution in [3.05, 3.63) is 0 Å². The first-order valence-electron chi connectivity index (χ1n) is 12.7. The molecule has 0 aromatic carbocycles. The summed E-state index contributed by atoms with van der Waals surface area (Å²) in [5, 5.41) is 9.15. The summed E-state index contributed by atoms with van der Waals surface area (Å²) in [6.07, 6.45) is 21.0. The summed E-state index contributed by atoms with van der Waals surface area (Å²) in [6, 6.07) is -0.250. The van der Waals surface area contributed by atoms with Crippen LogP contribution in [0.5, 0.6) is 0 Å². The highest BCUT2D eigenvalue weighted by Gasteiger charge is 2.50. The number of carbonyl (C=O) groups is 2. The Morgan fingerprint density at radius 2 is 1.07 bits per heavy atom. The number of hydrogen-bond acceptors (Lipinski definition) is 3. The summed E-state index contributed by atoms with van der Waals surface area (Å²) < 4.78 is 0. The number of β-amino-alcohol motifs (C(OH)–C–C–N with tert-alkyl or cyclic N) is 1. The molecule has 0 aromatic heterocycles. The molecule has 0 atom stereocenters. The summed E-state index contributed by atoms with van der Waals surface area (Å²) in [7, 11) is 0. The number of aliphatic hydroxyl groups is 1. The molecule has 0 spiro atoms. The second-order valence-corrected chi connectivity index (χ2v) is 9.48. The molecule has 30 heavy (non-hydrogen) atoms. The maximum absolute atomic E-state index is 12.5. The minimum Gasteiger partial charge on any atom is -0.395 e. The van der Waals surface area contributed by atoms with Gasteiger partial charge in [-0.05, 0) is 20.3 Å². The minimum atomic E-state index is -0.838. The number of carbonyl (C=O) groups excluding carboxylic acids is 2. The Morgan fingerprint density at radius 3 is 1.47 bits per heavy atom. The monoisotopic (exact) mass is 424 g/mol. The van der Waals surface area contributed by atoms with Crippen LogP contribution in [0.25, 0.3) is 0 Å². The van der Waals surface area contributed by atoms with Gasteiger partial charge in [-0.1, -0.05) is 103 Å². The molecule has 0 aliphatic carbocycles. The molecule has 0 aromatic rings. The molecule has 1 N–H and O–H groups in total. The summed E-state index contributed by atoms with van der Waals surface area (Å²) in [5.74, 6) is -0.137. The van der Waals surface area contributed by atoms with Crippen LogP contribution in [0.1, 0.15) is 124 Å². The second kappa shape index (κ2) is 15.7. The van der Waals surface area contributed by atoms with E-state index < -0.39 is 5.54 Å². The van der Waals surface area contributed by atoms with Gasteiger partial charge in [-0.2, -0.15) is 0 Å². The Bertz CT molecular complexity index is 479. The zero-order chi connectivity index (χ0) is 22.2. The lowest BCUT2D eigenvalue weighted by Gasteiger charge is -2.26. The van der Waals surface area contributed by atoms with E-state index in [0.717, 1.165) is 12.8 Å². The lowest BCUT2D eigenvalue weighted by Crippen LogP contribution is -2.45. The number of hydrogen-bond donors (Lipinski definition) is 1. The van der Waals surface area contributed by atoms with E-state index in [1.165, 1.54) is 99.7 Å². The van der Waals surface area contributed by atoms with Crippen LogP contribution in [-0.4, -0.2) is 52.1 Å². The summed E-state index contributed by atoms with van der Waals surface area (Å²) in [5.41, 5.74) is -0.838. The largest absolute Gasteiger partial charge is 0.395 e. The molecule has 0 radical (unpaired) electrons. The third kappa shape index (κ3) is 9.36. The SMILES string of the molecule is CCCCCCCCCCCCCCCCCCN1C(=O)N(CCO)C(C)(C)C1=O. The molecule has 0 saturated carbocycles. The van der Waals surface area contributed by atoms with E-state index in [2.05, 4.69) is 6.92 Å². The quantitative estimate of drug-likeness (QED) is 0.196. The molecule has 5 nitrogen and oxygen atoms in total. The molecule has 1 fully saturated rings. The zero-order valence-corrected chi connectivity index (χ0v) is 20.1. The van der Waals surface area contributed by atoms with Gasteiger partial charge in [0.05, 0.1) is 6.61 Å². The number of unbranched alkanes of at least 4 members (excludes halogenated alkanes) is 15. The molecule has 1 rings (SSSR count). The third-order valence-corrected chi connectivity index (χ3v) is 6.46. The number of urea groups is 1. The Kier molecular flexibility index (Phi) is 14.1. The summed E-state index contributed by atoms with van der Waals surface area (Å²) in [6.45, 7) is 6.39. The first-order valence-corrected chi connectivity index (χ1v) is 12.7. The van der Waals surface area contributed by atoms with Gasteiger partial charge >= 0.3 is 6.03 Å². The Morgan fingerprint density at radius 1 is 0.667 bits per heavy atom. The van der Waals surface area contributed by atoms with E-state index in [0.29, 0.717) is 6.54 Å². The van der Waals surface area contributed by atoms with Crippen LogP contribution in [0.15, 0.2) is 0 Å². The first-order chi connectivity index (χ1) is 14.5. The minimum absolute atomic E-state index is 0.116. The standard InChI is InChI=1S/C25H48N2O3/c1-4-5-6-7-8-9-10-11-12-13-14-15-16-17-18-19-20-26-23(29)25(2,3)27(21-22-28)24(26)30/h28H,4-22H2,1-3H3. The van der Waals surface area contributed by atoms with Gasteiger partial charge in [-0.3, -0.25) is 9.69 Å². The molecule has 1 heterocycles. The predicted octanol–water partition coefficient (Wildman–Crippen LogP) is 6.28. The summed E-state index contributed by atoms with van der Waals surface area (Å²) >= 11 is 0. The number of imide groups is 1. The van der Waals surface area contributed by atoms with E-state index in [1.807, 2.05) is 0 Å². The van der Waals surface area contributed by atoms with Crippen LogP contribution in [-0.2, 0) is 4.79 Å². The van der Waals surface area contributed by atoms with E-state index in [9.17, 15) is 9.59 Å². The number of rotatable bonds is 19. The first kappa shape index (κ1) is 26.9. The molecule has 176 valence electrons. The third-order valence-electron chi connectivity index (χ3n) is 6.46. The van der Waals surface area contributed by atoms with Crippen molar-refractivity contribution in [2.24, 2.45) is 0 Å². The van der Waals surface area contributed by atoms with Crippen molar-refractivity contribution in [2.75, 3.05) is 19.7 Å². The normalized spacial score (nSPS) is 16.1. The van der Waals surface area contributed by atoms with Crippen molar-refractivity contribution in [2.45, 2.75) is 129 Å². The highest BCUT2D eigenvalue weighted by atomic mass is 16.3. The molecule has 1 aliphatic heterocycles. The molecule has 1 aliphatic rings. The fourth-order valence-corrected chi connectivity index (χ4v) is 4.41. The molecular formula is C25H48N2O3. The fourth-order valence-electron chi connectivity index (χ4n) is 4.41. The molecular weight excluding hydrogens is 376 g/mol. The van der Waals surface area contributed by atoms with E-state index in [1.54, 1.807) is 13.8 Å². The zero-order valence-electron chi connectivity index (χ0n) is 20.1.